The van der Waals surface area contributed by atoms with Gasteiger partial charge in [-0.15, -0.1) is 0 Å². The second kappa shape index (κ2) is 6.95. The summed E-state index contributed by atoms with van der Waals surface area (Å²) in [7, 11) is 1.59. The molecule has 1 heterocycles. The first-order valence-electron chi connectivity index (χ1n) is 7.15. The number of benzene rings is 1. The van der Waals surface area contributed by atoms with Crippen LogP contribution >= 0.6 is 0 Å². The molecule has 7 nitrogen and oxygen atoms in total. The van der Waals surface area contributed by atoms with Crippen molar-refractivity contribution in [3.8, 4) is 5.75 Å². The number of carboxylic acids is 1. The first-order valence-corrected chi connectivity index (χ1v) is 7.15. The average Bonchev–Trinajstić information content (AvgIpc) is 3.03. The summed E-state index contributed by atoms with van der Waals surface area (Å²) in [5, 5.41) is 15.9. The summed E-state index contributed by atoms with van der Waals surface area (Å²) in [5.41, 5.74) is 0.898. The number of carbonyl (C=O) groups excluding carboxylic acids is 1. The Morgan fingerprint density at radius 3 is 2.43 bits per heavy atom. The second-order valence-corrected chi connectivity index (χ2v) is 5.15. The van der Waals surface area contributed by atoms with Gasteiger partial charge in [-0.1, -0.05) is 12.1 Å². The highest BCUT2D eigenvalue weighted by Gasteiger charge is 2.22. The van der Waals surface area contributed by atoms with Crippen molar-refractivity contribution in [1.29, 1.82) is 0 Å². The van der Waals surface area contributed by atoms with Gasteiger partial charge in [-0.2, -0.15) is 5.10 Å². The molecule has 0 aliphatic rings. The fourth-order valence-corrected chi connectivity index (χ4v) is 2.21. The zero-order valence-electron chi connectivity index (χ0n) is 13.2. The highest BCUT2D eigenvalue weighted by atomic mass is 16.5. The van der Waals surface area contributed by atoms with Gasteiger partial charge in [0, 0.05) is 6.20 Å². The van der Waals surface area contributed by atoms with Crippen LogP contribution in [0.2, 0.25) is 0 Å². The van der Waals surface area contributed by atoms with Crippen LogP contribution in [0.3, 0.4) is 0 Å². The number of methoxy groups -OCH3 is 1. The molecule has 1 aromatic carbocycles. The van der Waals surface area contributed by atoms with E-state index in [0.717, 1.165) is 11.3 Å². The second-order valence-electron chi connectivity index (χ2n) is 5.15. The van der Waals surface area contributed by atoms with Crippen LogP contribution in [-0.2, 0) is 4.79 Å². The summed E-state index contributed by atoms with van der Waals surface area (Å²) in [6.07, 6.45) is 1.36. The van der Waals surface area contributed by atoms with E-state index in [2.05, 4.69) is 10.4 Å². The van der Waals surface area contributed by atoms with Gasteiger partial charge >= 0.3 is 5.97 Å². The Labute approximate surface area is 133 Å². The molecule has 0 aliphatic carbocycles. The van der Waals surface area contributed by atoms with Gasteiger partial charge in [0.1, 0.15) is 17.5 Å². The van der Waals surface area contributed by atoms with E-state index in [1.54, 1.807) is 14.0 Å². The summed E-state index contributed by atoms with van der Waals surface area (Å²) in [4.78, 5) is 23.4. The maximum Gasteiger partial charge on any atom is 0.354 e. The lowest BCUT2D eigenvalue weighted by Gasteiger charge is -2.19. The molecule has 2 N–H and O–H groups in total. The van der Waals surface area contributed by atoms with E-state index in [0.29, 0.717) is 0 Å². The summed E-state index contributed by atoms with van der Waals surface area (Å²) in [6.45, 7) is 3.46. The average molecular weight is 317 g/mol. The number of nitrogens with zero attached hydrogens (tertiary/aromatic N) is 2. The van der Waals surface area contributed by atoms with E-state index >= 15 is 0 Å². The molecular formula is C16H19N3O4. The van der Waals surface area contributed by atoms with Crippen molar-refractivity contribution in [2.45, 2.75) is 25.9 Å². The summed E-state index contributed by atoms with van der Waals surface area (Å²) in [6, 6.07) is 7.78. The fraction of sp³-hybridized carbons (Fsp3) is 0.312. The molecule has 2 atom stereocenters. The summed E-state index contributed by atoms with van der Waals surface area (Å²) in [5.74, 6) is -0.687. The molecule has 0 saturated heterocycles. The Morgan fingerprint density at radius 1 is 1.22 bits per heavy atom. The summed E-state index contributed by atoms with van der Waals surface area (Å²) < 4.78 is 6.29. The molecule has 0 radical (unpaired) electrons. The Kier molecular flexibility index (Phi) is 5.00. The van der Waals surface area contributed by atoms with Gasteiger partial charge in [-0.05, 0) is 37.6 Å². The van der Waals surface area contributed by atoms with E-state index in [4.69, 9.17) is 9.84 Å². The number of rotatable bonds is 6. The minimum absolute atomic E-state index is 0.0234. The van der Waals surface area contributed by atoms with Crippen molar-refractivity contribution in [1.82, 2.24) is 15.1 Å². The number of aromatic carboxylic acids is 1. The molecule has 7 heteroatoms. The fourth-order valence-electron chi connectivity index (χ4n) is 2.21. The Hall–Kier alpha value is -2.83. The Bertz CT molecular complexity index is 694. The van der Waals surface area contributed by atoms with Crippen LogP contribution < -0.4 is 10.1 Å². The Morgan fingerprint density at radius 2 is 1.87 bits per heavy atom. The molecular weight excluding hydrogens is 298 g/mol. The van der Waals surface area contributed by atoms with Gasteiger partial charge < -0.3 is 15.2 Å². The quantitative estimate of drug-likeness (QED) is 0.850. The van der Waals surface area contributed by atoms with Crippen LogP contribution in [-0.4, -0.2) is 33.9 Å². The number of hydrogen-bond acceptors (Lipinski definition) is 4. The SMILES string of the molecule is COc1ccc(C(C)NC(=O)C(C)n2nccc2C(=O)O)cc1. The lowest BCUT2D eigenvalue weighted by molar-refractivity contribution is -0.124. The highest BCUT2D eigenvalue weighted by Crippen LogP contribution is 2.18. The highest BCUT2D eigenvalue weighted by molar-refractivity contribution is 5.87. The zero-order chi connectivity index (χ0) is 17.0. The number of amides is 1. The van der Waals surface area contributed by atoms with Crippen LogP contribution in [0.25, 0.3) is 0 Å². The standard InChI is InChI=1S/C16H19N3O4/c1-10(12-4-6-13(23-3)7-5-12)18-15(20)11(2)19-14(16(21)22)8-9-17-19/h4-11H,1-3H3,(H,18,20)(H,21,22). The maximum atomic E-state index is 12.3. The van der Waals surface area contributed by atoms with Crippen molar-refractivity contribution in [3.05, 3.63) is 47.8 Å². The molecule has 1 amide bonds. The monoisotopic (exact) mass is 317 g/mol. The van der Waals surface area contributed by atoms with Crippen LogP contribution in [0.15, 0.2) is 36.5 Å². The third-order valence-electron chi connectivity index (χ3n) is 3.61. The molecule has 1 aromatic heterocycles. The van der Waals surface area contributed by atoms with Gasteiger partial charge in [0.25, 0.3) is 0 Å². The number of nitrogens with one attached hydrogen (secondary N) is 1. The van der Waals surface area contributed by atoms with E-state index < -0.39 is 12.0 Å². The number of hydrogen-bond donors (Lipinski definition) is 2. The minimum Gasteiger partial charge on any atom is -0.497 e. The lowest BCUT2D eigenvalue weighted by Crippen LogP contribution is -2.34. The van der Waals surface area contributed by atoms with Gasteiger partial charge in [0.05, 0.1) is 13.2 Å². The number of ether oxygens (including phenoxy) is 1. The largest absolute Gasteiger partial charge is 0.497 e. The van der Waals surface area contributed by atoms with Crippen LogP contribution in [0.4, 0.5) is 0 Å². The van der Waals surface area contributed by atoms with Gasteiger partial charge in [0.15, 0.2) is 0 Å². The molecule has 0 bridgehead atoms. The molecule has 0 saturated carbocycles. The van der Waals surface area contributed by atoms with Crippen LogP contribution in [0.1, 0.15) is 42.0 Å². The molecule has 2 unspecified atom stereocenters. The Balaban J connectivity index is 2.07. The van der Waals surface area contributed by atoms with E-state index in [-0.39, 0.29) is 17.6 Å². The van der Waals surface area contributed by atoms with E-state index in [1.165, 1.54) is 16.9 Å². The number of carboxylic acid groups (broad SMARTS) is 1. The van der Waals surface area contributed by atoms with Crippen LogP contribution in [0, 0.1) is 0 Å². The first-order chi connectivity index (χ1) is 10.9. The van der Waals surface area contributed by atoms with Gasteiger partial charge in [-0.3, -0.25) is 4.79 Å². The topological polar surface area (TPSA) is 93.5 Å². The minimum atomic E-state index is -1.12. The van der Waals surface area contributed by atoms with E-state index in [1.807, 2.05) is 31.2 Å². The van der Waals surface area contributed by atoms with Crippen molar-refractivity contribution < 1.29 is 19.4 Å². The third kappa shape index (κ3) is 3.68. The predicted molar refractivity (Wildman–Crippen MR) is 83.4 cm³/mol. The molecule has 0 spiro atoms. The van der Waals surface area contributed by atoms with Crippen molar-refractivity contribution in [2.24, 2.45) is 0 Å². The molecule has 0 aliphatic heterocycles. The van der Waals surface area contributed by atoms with Crippen LogP contribution in [0.5, 0.6) is 5.75 Å². The number of aromatic nitrogens is 2. The smallest absolute Gasteiger partial charge is 0.354 e. The number of carbonyl (C=O) groups is 2. The molecule has 2 aromatic rings. The molecule has 2 rings (SSSR count). The normalized spacial score (nSPS) is 13.2. The van der Waals surface area contributed by atoms with E-state index in [9.17, 15) is 9.59 Å². The van der Waals surface area contributed by atoms with Crippen molar-refractivity contribution in [2.75, 3.05) is 7.11 Å². The van der Waals surface area contributed by atoms with Crippen molar-refractivity contribution >= 4 is 11.9 Å². The first kappa shape index (κ1) is 16.5. The molecule has 0 fully saturated rings. The molecule has 23 heavy (non-hydrogen) atoms. The lowest BCUT2D eigenvalue weighted by atomic mass is 10.1. The molecule has 122 valence electrons. The van der Waals surface area contributed by atoms with Gasteiger partial charge in [0.2, 0.25) is 5.91 Å². The summed E-state index contributed by atoms with van der Waals surface area (Å²) >= 11 is 0. The zero-order valence-corrected chi connectivity index (χ0v) is 13.2. The van der Waals surface area contributed by atoms with Gasteiger partial charge in [-0.25, -0.2) is 9.48 Å². The third-order valence-corrected chi connectivity index (χ3v) is 3.61. The maximum absolute atomic E-state index is 12.3. The predicted octanol–water partition coefficient (Wildman–Crippen LogP) is 2.03. The van der Waals surface area contributed by atoms with Crippen molar-refractivity contribution in [3.63, 3.8) is 0 Å².